The highest BCUT2D eigenvalue weighted by Crippen LogP contribution is 2.34. The molecule has 0 N–H and O–H groups in total. The minimum absolute atomic E-state index is 0.0893. The number of rotatable bonds is 14. The van der Waals surface area contributed by atoms with E-state index in [0.717, 1.165) is 47.9 Å². The Balaban J connectivity index is 1.29. The molecule has 0 saturated carbocycles. The minimum Gasteiger partial charge on any atom is -0.493 e. The van der Waals surface area contributed by atoms with Gasteiger partial charge in [-0.15, -0.1) is 0 Å². The molecular weight excluding hydrogens is 616 g/mol. The average Bonchev–Trinajstić information content (AvgIpc) is 3.36. The van der Waals surface area contributed by atoms with Crippen molar-refractivity contribution in [3.63, 3.8) is 0 Å². The van der Waals surface area contributed by atoms with Crippen LogP contribution in [-0.2, 0) is 27.4 Å². The van der Waals surface area contributed by atoms with Gasteiger partial charge in [-0.05, 0) is 55.7 Å². The Bertz CT molecular complexity index is 1740. The number of hydrogen-bond acceptors (Lipinski definition) is 7. The molecule has 0 bridgehead atoms. The second-order valence-electron chi connectivity index (χ2n) is 11.0. The van der Waals surface area contributed by atoms with Gasteiger partial charge in [-0.25, -0.2) is 9.78 Å². The lowest BCUT2D eigenvalue weighted by Gasteiger charge is -2.36. The van der Waals surface area contributed by atoms with Gasteiger partial charge >= 0.3 is 6.03 Å². The van der Waals surface area contributed by atoms with E-state index < -0.39 is 10.1 Å². The van der Waals surface area contributed by atoms with Crippen LogP contribution in [-0.4, -0.2) is 62.3 Å². The summed E-state index contributed by atoms with van der Waals surface area (Å²) in [7, 11) is -2.29. The number of carbonyl (C=O) groups is 1. The first-order valence-electron chi connectivity index (χ1n) is 15.2. The molecule has 0 atom stereocenters. The molecule has 2 aromatic carbocycles. The van der Waals surface area contributed by atoms with Gasteiger partial charge < -0.3 is 18.9 Å². The molecule has 0 spiro atoms. The zero-order valence-corrected chi connectivity index (χ0v) is 27.4. The number of halogens is 1. The molecule has 2 aromatic heterocycles. The van der Waals surface area contributed by atoms with E-state index in [1.54, 1.807) is 46.0 Å². The van der Waals surface area contributed by atoms with Crippen molar-refractivity contribution in [1.29, 1.82) is 0 Å². The summed E-state index contributed by atoms with van der Waals surface area (Å²) in [6.07, 6.45) is 7.32. The number of pyridine rings is 1. The molecule has 240 valence electrons. The third-order valence-electron chi connectivity index (χ3n) is 7.81. The Labute approximate surface area is 269 Å². The predicted molar refractivity (Wildman–Crippen MR) is 175 cm³/mol. The minimum atomic E-state index is -3.90. The maximum Gasteiger partial charge on any atom is 0.324 e. The van der Waals surface area contributed by atoms with Crippen molar-refractivity contribution in [3.8, 4) is 11.5 Å². The molecule has 1 aliphatic heterocycles. The van der Waals surface area contributed by atoms with Crippen LogP contribution >= 0.6 is 11.6 Å². The summed E-state index contributed by atoms with van der Waals surface area (Å²) in [5.74, 6) is 1.25. The molecular formula is C33H39ClN4O6S. The summed E-state index contributed by atoms with van der Waals surface area (Å²) < 4.78 is 43.8. The van der Waals surface area contributed by atoms with Crippen LogP contribution in [0.4, 0.5) is 10.5 Å². The highest BCUT2D eigenvalue weighted by Gasteiger charge is 2.28. The summed E-state index contributed by atoms with van der Waals surface area (Å²) in [6.45, 7) is 6.28. The predicted octanol–water partition coefficient (Wildman–Crippen LogP) is 6.81. The van der Waals surface area contributed by atoms with E-state index in [1.807, 2.05) is 31.2 Å². The number of urea groups is 1. The van der Waals surface area contributed by atoms with Crippen LogP contribution in [0.25, 0.3) is 11.0 Å². The zero-order chi connectivity index (χ0) is 32.0. The molecule has 1 fully saturated rings. The van der Waals surface area contributed by atoms with Gasteiger partial charge in [-0.3, -0.25) is 9.08 Å². The van der Waals surface area contributed by atoms with Crippen LogP contribution in [0, 0.1) is 6.92 Å². The normalized spacial score (nSPS) is 13.9. The largest absolute Gasteiger partial charge is 0.493 e. The number of fused-ring (bicyclic) bond motifs is 1. The summed E-state index contributed by atoms with van der Waals surface area (Å²) in [5.41, 5.74) is 3.15. The summed E-state index contributed by atoms with van der Waals surface area (Å²) in [5, 5.41) is 1.19. The Kier molecular flexibility index (Phi) is 10.5. The molecule has 5 rings (SSSR count). The lowest BCUT2D eigenvalue weighted by Crippen LogP contribution is -2.49. The van der Waals surface area contributed by atoms with Crippen LogP contribution in [0.5, 0.6) is 11.5 Å². The van der Waals surface area contributed by atoms with Crippen LogP contribution in [0.15, 0.2) is 65.8 Å². The molecule has 0 unspecified atom stereocenters. The zero-order valence-electron chi connectivity index (χ0n) is 25.9. The van der Waals surface area contributed by atoms with Gasteiger partial charge in [0.05, 0.1) is 30.2 Å². The van der Waals surface area contributed by atoms with Crippen LogP contribution in [0.2, 0.25) is 5.02 Å². The van der Waals surface area contributed by atoms with Crippen molar-refractivity contribution >= 4 is 44.5 Å². The first-order valence-corrected chi connectivity index (χ1v) is 17.0. The standard InChI is InChI=1S/C33H39ClN4O6S/c1-4-5-6-19-43-30-21-26(10-13-29(30)42-3)38-17-7-16-37(33(38)39)22-25-14-15-35-32-31(25)28(34)23-36(32)18-20-44-45(40,41)27-11-8-24(2)9-12-27/h8-15,21,23H,4-7,16-20,22H2,1-3H3. The van der Waals surface area contributed by atoms with Crippen molar-refractivity contribution in [3.05, 3.63) is 77.1 Å². The molecule has 4 aromatic rings. The number of unbranched alkanes of at least 4 members (excludes halogenated alkanes) is 2. The molecule has 10 nitrogen and oxygen atoms in total. The lowest BCUT2D eigenvalue weighted by atomic mass is 10.1. The fourth-order valence-corrected chi connectivity index (χ4v) is 6.63. The molecule has 45 heavy (non-hydrogen) atoms. The Hall–Kier alpha value is -3.80. The van der Waals surface area contributed by atoms with Gasteiger partial charge in [-0.2, -0.15) is 8.42 Å². The van der Waals surface area contributed by atoms with E-state index in [4.69, 9.17) is 25.3 Å². The first kappa shape index (κ1) is 32.6. The third-order valence-corrected chi connectivity index (χ3v) is 9.43. The van der Waals surface area contributed by atoms with Gasteiger partial charge in [0.15, 0.2) is 11.5 Å². The fourth-order valence-electron chi connectivity index (χ4n) is 5.40. The molecule has 1 aliphatic rings. The molecule has 12 heteroatoms. The Morgan fingerprint density at radius 2 is 1.80 bits per heavy atom. The number of ether oxygens (including phenoxy) is 2. The van der Waals surface area contributed by atoms with Gasteiger partial charge in [-0.1, -0.05) is 49.1 Å². The number of carbonyl (C=O) groups excluding carboxylic acids is 1. The fraction of sp³-hybridized carbons (Fsp3) is 0.394. The third kappa shape index (κ3) is 7.54. The van der Waals surface area contributed by atoms with Gasteiger partial charge in [0.1, 0.15) is 5.65 Å². The summed E-state index contributed by atoms with van der Waals surface area (Å²) in [4.78, 5) is 21.9. The summed E-state index contributed by atoms with van der Waals surface area (Å²) in [6, 6.07) is 13.8. The van der Waals surface area contributed by atoms with Crippen molar-refractivity contribution in [2.75, 3.05) is 38.3 Å². The highest BCUT2D eigenvalue weighted by atomic mass is 35.5. The van der Waals surface area contributed by atoms with E-state index in [1.165, 1.54) is 12.1 Å². The number of aryl methyl sites for hydroxylation is 1. The maximum absolute atomic E-state index is 13.7. The molecule has 1 saturated heterocycles. The lowest BCUT2D eigenvalue weighted by molar-refractivity contribution is 0.192. The molecule has 0 aliphatic carbocycles. The number of anilines is 1. The van der Waals surface area contributed by atoms with Crippen LogP contribution < -0.4 is 14.4 Å². The number of aromatic nitrogens is 2. The second-order valence-corrected chi connectivity index (χ2v) is 13.1. The van der Waals surface area contributed by atoms with Crippen molar-refractivity contribution < 1.29 is 26.9 Å². The Morgan fingerprint density at radius 3 is 2.56 bits per heavy atom. The van der Waals surface area contributed by atoms with E-state index in [2.05, 4.69) is 11.9 Å². The number of methoxy groups -OCH3 is 1. The number of hydrogen-bond donors (Lipinski definition) is 0. The number of nitrogens with zero attached hydrogens (tertiary/aromatic N) is 4. The average molecular weight is 655 g/mol. The van der Waals surface area contributed by atoms with E-state index in [0.29, 0.717) is 48.4 Å². The summed E-state index contributed by atoms with van der Waals surface area (Å²) >= 11 is 6.69. The highest BCUT2D eigenvalue weighted by molar-refractivity contribution is 7.86. The van der Waals surface area contributed by atoms with E-state index in [-0.39, 0.29) is 24.1 Å². The topological polar surface area (TPSA) is 103 Å². The second kappa shape index (κ2) is 14.5. The molecule has 2 amide bonds. The van der Waals surface area contributed by atoms with E-state index >= 15 is 0 Å². The van der Waals surface area contributed by atoms with Crippen molar-refractivity contribution in [2.24, 2.45) is 0 Å². The quantitative estimate of drug-likeness (QED) is 0.109. The Morgan fingerprint density at radius 1 is 1.00 bits per heavy atom. The maximum atomic E-state index is 13.7. The van der Waals surface area contributed by atoms with Gasteiger partial charge in [0.25, 0.3) is 10.1 Å². The van der Waals surface area contributed by atoms with Crippen LogP contribution in [0.3, 0.4) is 0 Å². The number of benzene rings is 2. The smallest absolute Gasteiger partial charge is 0.324 e. The molecule has 0 radical (unpaired) electrons. The monoisotopic (exact) mass is 654 g/mol. The van der Waals surface area contributed by atoms with E-state index in [9.17, 15) is 13.2 Å². The number of amides is 2. The van der Waals surface area contributed by atoms with Crippen LogP contribution in [0.1, 0.15) is 43.7 Å². The van der Waals surface area contributed by atoms with Crippen molar-refractivity contribution in [2.45, 2.75) is 57.5 Å². The van der Waals surface area contributed by atoms with Crippen molar-refractivity contribution in [1.82, 2.24) is 14.5 Å². The molecule has 3 heterocycles. The van der Waals surface area contributed by atoms with Gasteiger partial charge in [0, 0.05) is 55.7 Å². The first-order chi connectivity index (χ1) is 21.7. The van der Waals surface area contributed by atoms with Gasteiger partial charge in [0.2, 0.25) is 0 Å². The SMILES string of the molecule is CCCCCOc1cc(N2CCCN(Cc3ccnc4c3c(Cl)cn4CCOS(=O)(=O)c3ccc(C)cc3)C2=O)ccc1OC.